The first-order valence-electron chi connectivity index (χ1n) is 10.3. The van der Waals surface area contributed by atoms with Gasteiger partial charge in [-0.1, -0.05) is 35.9 Å². The summed E-state index contributed by atoms with van der Waals surface area (Å²) >= 11 is 0. The van der Waals surface area contributed by atoms with Crippen LogP contribution in [-0.4, -0.2) is 37.6 Å². The number of nitrogens with one attached hydrogen (secondary N) is 2. The average molecular weight is 444 g/mol. The average Bonchev–Trinajstić information content (AvgIpc) is 2.71. The zero-order valence-electron chi connectivity index (χ0n) is 18.4. The summed E-state index contributed by atoms with van der Waals surface area (Å²) in [6.07, 6.45) is 0.796. The van der Waals surface area contributed by atoms with Gasteiger partial charge in [0.1, 0.15) is 0 Å². The fourth-order valence-corrected chi connectivity index (χ4v) is 6.06. The van der Waals surface area contributed by atoms with E-state index in [0.717, 1.165) is 22.3 Å². The van der Waals surface area contributed by atoms with Gasteiger partial charge in [0.05, 0.1) is 4.90 Å². The van der Waals surface area contributed by atoms with Crippen LogP contribution in [-0.2, 0) is 14.8 Å². The lowest BCUT2D eigenvalue weighted by atomic mass is 9.97. The van der Waals surface area contributed by atoms with Gasteiger partial charge >= 0.3 is 0 Å². The molecule has 0 aliphatic carbocycles. The molecule has 2 N–H and O–H groups in total. The van der Waals surface area contributed by atoms with Crippen molar-refractivity contribution in [3.05, 3.63) is 64.2 Å². The predicted molar refractivity (Wildman–Crippen MR) is 119 cm³/mol. The lowest BCUT2D eigenvalue weighted by Crippen LogP contribution is -2.48. The minimum absolute atomic E-state index is 0.263. The molecule has 8 heteroatoms. The molecule has 31 heavy (non-hydrogen) atoms. The summed E-state index contributed by atoms with van der Waals surface area (Å²) in [5.41, 5.74) is 8.73. The van der Waals surface area contributed by atoms with Crippen LogP contribution < -0.4 is 10.9 Å². The van der Waals surface area contributed by atoms with Crippen LogP contribution in [0.3, 0.4) is 0 Å². The molecule has 0 atom stereocenters. The first-order valence-corrected chi connectivity index (χ1v) is 11.8. The molecule has 2 aromatic rings. The number of carbonyl (C=O) groups is 2. The zero-order chi connectivity index (χ0) is 22.8. The second-order valence-electron chi connectivity index (χ2n) is 8.16. The van der Waals surface area contributed by atoms with Crippen molar-refractivity contribution < 1.29 is 18.0 Å². The maximum atomic E-state index is 13.2. The third kappa shape index (κ3) is 4.97. The zero-order valence-corrected chi connectivity index (χ0v) is 19.2. The van der Waals surface area contributed by atoms with E-state index in [9.17, 15) is 18.0 Å². The fourth-order valence-electron chi connectivity index (χ4n) is 4.18. The molecule has 3 rings (SSSR count). The monoisotopic (exact) mass is 443 g/mol. The molecule has 1 saturated heterocycles. The molecule has 7 nitrogen and oxygen atoms in total. The molecule has 0 unspecified atom stereocenters. The number of hydrazine groups is 1. The van der Waals surface area contributed by atoms with Crippen LogP contribution in [0, 0.1) is 33.6 Å². The van der Waals surface area contributed by atoms with Crippen molar-refractivity contribution in [1.29, 1.82) is 0 Å². The summed E-state index contributed by atoms with van der Waals surface area (Å²) in [6.45, 7) is 7.91. The molecular weight excluding hydrogens is 414 g/mol. The van der Waals surface area contributed by atoms with Gasteiger partial charge in [-0.3, -0.25) is 20.4 Å². The van der Waals surface area contributed by atoms with E-state index in [1.807, 2.05) is 52.0 Å². The summed E-state index contributed by atoms with van der Waals surface area (Å²) < 4.78 is 27.8. The van der Waals surface area contributed by atoms with Crippen LogP contribution in [0.15, 0.2) is 41.3 Å². The van der Waals surface area contributed by atoms with Gasteiger partial charge in [0.15, 0.2) is 0 Å². The quantitative estimate of drug-likeness (QED) is 0.711. The van der Waals surface area contributed by atoms with Crippen molar-refractivity contribution in [2.45, 2.75) is 45.4 Å². The maximum absolute atomic E-state index is 13.2. The van der Waals surface area contributed by atoms with Crippen LogP contribution in [0.2, 0.25) is 0 Å². The van der Waals surface area contributed by atoms with Crippen LogP contribution in [0.4, 0.5) is 0 Å². The van der Waals surface area contributed by atoms with Gasteiger partial charge in [-0.15, -0.1) is 0 Å². The standard InChI is InChI=1S/C23H29N3O4S/c1-15-13-17(3)21(18(4)14-15)31(29,30)26-11-9-19(10-12-26)22(27)24-25-23(28)20-8-6-5-7-16(20)2/h5-8,13-14,19H,9-12H2,1-4H3,(H,24,27)(H,25,28). The van der Waals surface area contributed by atoms with Crippen LogP contribution in [0.5, 0.6) is 0 Å². The van der Waals surface area contributed by atoms with E-state index in [-0.39, 0.29) is 30.8 Å². The van der Waals surface area contributed by atoms with E-state index in [1.165, 1.54) is 4.31 Å². The van der Waals surface area contributed by atoms with Gasteiger partial charge in [-0.2, -0.15) is 4.31 Å². The summed E-state index contributed by atoms with van der Waals surface area (Å²) in [7, 11) is -3.62. The fraction of sp³-hybridized carbons (Fsp3) is 0.391. The Labute approximate surface area is 183 Å². The van der Waals surface area contributed by atoms with Crippen molar-refractivity contribution in [2.24, 2.45) is 5.92 Å². The summed E-state index contributed by atoms with van der Waals surface area (Å²) in [5, 5.41) is 0. The van der Waals surface area contributed by atoms with Gasteiger partial charge < -0.3 is 0 Å². The first kappa shape index (κ1) is 23.0. The lowest BCUT2D eigenvalue weighted by molar-refractivity contribution is -0.126. The Hall–Kier alpha value is -2.71. The maximum Gasteiger partial charge on any atom is 0.269 e. The van der Waals surface area contributed by atoms with Gasteiger partial charge in [0.25, 0.3) is 5.91 Å². The Kier molecular flexibility index (Phi) is 6.81. The molecule has 1 aliphatic heterocycles. The number of rotatable bonds is 4. The van der Waals surface area contributed by atoms with E-state index in [1.54, 1.807) is 12.1 Å². The molecule has 1 heterocycles. The van der Waals surface area contributed by atoms with Gasteiger partial charge in [-0.05, 0) is 63.3 Å². The van der Waals surface area contributed by atoms with E-state index in [4.69, 9.17) is 0 Å². The Morgan fingerprint density at radius 3 is 2.06 bits per heavy atom. The number of hydrogen-bond acceptors (Lipinski definition) is 4. The van der Waals surface area contributed by atoms with E-state index in [0.29, 0.717) is 23.3 Å². The van der Waals surface area contributed by atoms with E-state index < -0.39 is 10.0 Å². The second-order valence-corrected chi connectivity index (χ2v) is 10.0. The highest BCUT2D eigenvalue weighted by Gasteiger charge is 2.33. The Balaban J connectivity index is 1.60. The normalized spacial score (nSPS) is 15.5. The van der Waals surface area contributed by atoms with Crippen molar-refractivity contribution in [2.75, 3.05) is 13.1 Å². The van der Waals surface area contributed by atoms with Crippen LogP contribution in [0.25, 0.3) is 0 Å². The molecular formula is C23H29N3O4S. The number of piperidine rings is 1. The molecule has 2 amide bonds. The molecule has 0 bridgehead atoms. The highest BCUT2D eigenvalue weighted by Crippen LogP contribution is 2.28. The number of carbonyl (C=O) groups excluding carboxylic acids is 2. The Morgan fingerprint density at radius 1 is 0.903 bits per heavy atom. The Morgan fingerprint density at radius 2 is 1.48 bits per heavy atom. The first-order chi connectivity index (χ1) is 14.6. The largest absolute Gasteiger partial charge is 0.273 e. The molecule has 0 saturated carbocycles. The third-order valence-electron chi connectivity index (χ3n) is 5.72. The smallest absolute Gasteiger partial charge is 0.269 e. The number of hydrogen-bond donors (Lipinski definition) is 2. The van der Waals surface area contributed by atoms with Crippen molar-refractivity contribution in [3.63, 3.8) is 0 Å². The number of benzene rings is 2. The number of nitrogens with zero attached hydrogens (tertiary/aromatic N) is 1. The minimum Gasteiger partial charge on any atom is -0.273 e. The molecule has 166 valence electrons. The van der Waals surface area contributed by atoms with E-state index >= 15 is 0 Å². The topological polar surface area (TPSA) is 95.6 Å². The molecule has 2 aromatic carbocycles. The van der Waals surface area contributed by atoms with Crippen LogP contribution in [0.1, 0.15) is 45.5 Å². The van der Waals surface area contributed by atoms with Crippen LogP contribution >= 0.6 is 0 Å². The highest BCUT2D eigenvalue weighted by atomic mass is 32.2. The lowest BCUT2D eigenvalue weighted by Gasteiger charge is -2.31. The summed E-state index contributed by atoms with van der Waals surface area (Å²) in [4.78, 5) is 25.1. The summed E-state index contributed by atoms with van der Waals surface area (Å²) in [6, 6.07) is 10.9. The summed E-state index contributed by atoms with van der Waals surface area (Å²) in [5.74, 6) is -1.04. The SMILES string of the molecule is Cc1cc(C)c(S(=O)(=O)N2CCC(C(=O)NNC(=O)c3ccccc3C)CC2)c(C)c1. The van der Waals surface area contributed by atoms with Crippen molar-refractivity contribution in [1.82, 2.24) is 15.2 Å². The van der Waals surface area contributed by atoms with E-state index in [2.05, 4.69) is 10.9 Å². The molecule has 0 spiro atoms. The molecule has 1 aliphatic rings. The van der Waals surface area contributed by atoms with Gasteiger partial charge in [0.2, 0.25) is 15.9 Å². The third-order valence-corrected chi connectivity index (χ3v) is 7.92. The highest BCUT2D eigenvalue weighted by molar-refractivity contribution is 7.89. The number of aryl methyl sites for hydroxylation is 4. The number of amides is 2. The van der Waals surface area contributed by atoms with Gasteiger partial charge in [-0.25, -0.2) is 8.42 Å². The molecule has 1 fully saturated rings. The van der Waals surface area contributed by atoms with Gasteiger partial charge in [0, 0.05) is 24.6 Å². The van der Waals surface area contributed by atoms with Crippen molar-refractivity contribution in [3.8, 4) is 0 Å². The predicted octanol–water partition coefficient (Wildman–Crippen LogP) is 2.78. The molecule has 0 aromatic heterocycles. The van der Waals surface area contributed by atoms with Crippen molar-refractivity contribution >= 4 is 21.8 Å². The molecule has 0 radical (unpaired) electrons. The second kappa shape index (κ2) is 9.20. The number of sulfonamides is 1. The Bertz CT molecular complexity index is 1080. The minimum atomic E-state index is -3.62.